The van der Waals surface area contributed by atoms with Crippen LogP contribution in [0.25, 0.3) is 0 Å². The summed E-state index contributed by atoms with van der Waals surface area (Å²) in [4.78, 5) is 29.0. The standard InChI is InChI=1S/C31H38BrN3O4S/c1-6-24(5)33-31(37)29(7-2)34(20-25-15-11-22(3)12-16-25)30(36)21-35(27-10-8-9-26(32)19-27)40(38,39)28-17-13-23(4)14-18-28/h8-19,24,29H,6-7,20-21H2,1-5H3,(H,33,37)/t24-,29-/m1/s1. The zero-order valence-corrected chi connectivity index (χ0v) is 26.1. The average Bonchev–Trinajstić information content (AvgIpc) is 2.92. The van der Waals surface area contributed by atoms with Crippen LogP contribution in [0.4, 0.5) is 5.69 Å². The fraction of sp³-hybridized carbons (Fsp3) is 0.355. The molecule has 7 nitrogen and oxygen atoms in total. The molecular formula is C31H38BrN3O4S. The van der Waals surface area contributed by atoms with Gasteiger partial charge in [0.15, 0.2) is 0 Å². The second-order valence-electron chi connectivity index (χ2n) is 10.1. The Labute approximate surface area is 246 Å². The molecule has 2 atom stereocenters. The number of hydrogen-bond acceptors (Lipinski definition) is 4. The average molecular weight is 629 g/mol. The first-order chi connectivity index (χ1) is 19.0. The van der Waals surface area contributed by atoms with Gasteiger partial charge in [0.2, 0.25) is 11.8 Å². The molecule has 0 bridgehead atoms. The zero-order valence-electron chi connectivity index (χ0n) is 23.7. The van der Waals surface area contributed by atoms with Crippen molar-refractivity contribution < 1.29 is 18.0 Å². The Morgan fingerprint density at radius 1 is 0.900 bits per heavy atom. The van der Waals surface area contributed by atoms with Crippen LogP contribution in [0, 0.1) is 13.8 Å². The lowest BCUT2D eigenvalue weighted by atomic mass is 10.1. The summed E-state index contributed by atoms with van der Waals surface area (Å²) in [5, 5.41) is 2.99. The summed E-state index contributed by atoms with van der Waals surface area (Å²) >= 11 is 3.42. The number of carbonyl (C=O) groups is 2. The number of anilines is 1. The fourth-order valence-corrected chi connectivity index (χ4v) is 6.04. The van der Waals surface area contributed by atoms with Gasteiger partial charge in [-0.2, -0.15) is 0 Å². The van der Waals surface area contributed by atoms with Crippen molar-refractivity contribution in [3.05, 3.63) is 94.0 Å². The van der Waals surface area contributed by atoms with Gasteiger partial charge in [0.1, 0.15) is 12.6 Å². The Hall–Kier alpha value is -3.17. The molecule has 0 aliphatic rings. The lowest BCUT2D eigenvalue weighted by Gasteiger charge is -2.33. The highest BCUT2D eigenvalue weighted by Gasteiger charge is 2.34. The minimum Gasteiger partial charge on any atom is -0.352 e. The molecule has 0 spiro atoms. The fourth-order valence-electron chi connectivity index (χ4n) is 4.25. The van der Waals surface area contributed by atoms with E-state index in [1.54, 1.807) is 48.5 Å². The molecular weight excluding hydrogens is 590 g/mol. The van der Waals surface area contributed by atoms with Gasteiger partial charge in [-0.1, -0.05) is 83.4 Å². The normalized spacial score (nSPS) is 12.8. The third kappa shape index (κ3) is 7.95. The molecule has 0 fully saturated rings. The molecule has 3 rings (SSSR count). The van der Waals surface area contributed by atoms with Gasteiger partial charge in [-0.25, -0.2) is 8.42 Å². The quantitative estimate of drug-likeness (QED) is 0.267. The van der Waals surface area contributed by atoms with Crippen molar-refractivity contribution in [3.8, 4) is 0 Å². The summed E-state index contributed by atoms with van der Waals surface area (Å²) in [6, 6.07) is 20.3. The van der Waals surface area contributed by atoms with E-state index in [4.69, 9.17) is 0 Å². The van der Waals surface area contributed by atoms with Gasteiger partial charge in [-0.15, -0.1) is 0 Å². The molecule has 214 valence electrons. The molecule has 0 saturated heterocycles. The van der Waals surface area contributed by atoms with E-state index in [0.717, 1.165) is 27.4 Å². The molecule has 0 aliphatic carbocycles. The van der Waals surface area contributed by atoms with Gasteiger partial charge >= 0.3 is 0 Å². The second-order valence-corrected chi connectivity index (χ2v) is 12.8. The highest BCUT2D eigenvalue weighted by Crippen LogP contribution is 2.27. The predicted molar refractivity (Wildman–Crippen MR) is 164 cm³/mol. The lowest BCUT2D eigenvalue weighted by molar-refractivity contribution is -0.140. The summed E-state index contributed by atoms with van der Waals surface area (Å²) in [6.45, 7) is 9.31. The van der Waals surface area contributed by atoms with Crippen LogP contribution < -0.4 is 9.62 Å². The number of aryl methyl sites for hydroxylation is 2. The summed E-state index contributed by atoms with van der Waals surface area (Å²) in [5.41, 5.74) is 3.19. The van der Waals surface area contributed by atoms with Crippen molar-refractivity contribution in [1.29, 1.82) is 0 Å². The number of nitrogens with zero attached hydrogens (tertiary/aromatic N) is 2. The summed E-state index contributed by atoms with van der Waals surface area (Å²) < 4.78 is 29.7. The maximum absolute atomic E-state index is 14.1. The smallest absolute Gasteiger partial charge is 0.264 e. The van der Waals surface area contributed by atoms with Crippen molar-refractivity contribution in [3.63, 3.8) is 0 Å². The SMILES string of the molecule is CC[C@@H](C)NC(=O)[C@@H](CC)N(Cc1ccc(C)cc1)C(=O)CN(c1cccc(Br)c1)S(=O)(=O)c1ccc(C)cc1. The van der Waals surface area contributed by atoms with Crippen LogP contribution in [-0.4, -0.2) is 43.8 Å². The van der Waals surface area contributed by atoms with Crippen molar-refractivity contribution in [2.75, 3.05) is 10.8 Å². The van der Waals surface area contributed by atoms with Crippen LogP contribution in [0.5, 0.6) is 0 Å². The third-order valence-corrected chi connectivity index (χ3v) is 9.13. The monoisotopic (exact) mass is 627 g/mol. The van der Waals surface area contributed by atoms with E-state index >= 15 is 0 Å². The first-order valence-corrected chi connectivity index (χ1v) is 15.7. The van der Waals surface area contributed by atoms with Crippen LogP contribution in [-0.2, 0) is 26.2 Å². The minimum atomic E-state index is -4.11. The first kappa shape index (κ1) is 31.4. The van der Waals surface area contributed by atoms with E-state index in [1.165, 1.54) is 4.90 Å². The number of benzene rings is 3. The van der Waals surface area contributed by atoms with Crippen LogP contribution in [0.1, 0.15) is 50.3 Å². The summed E-state index contributed by atoms with van der Waals surface area (Å²) in [6.07, 6.45) is 1.13. The number of amides is 2. The second kappa shape index (κ2) is 13.9. The molecule has 3 aromatic carbocycles. The topological polar surface area (TPSA) is 86.8 Å². The summed E-state index contributed by atoms with van der Waals surface area (Å²) in [7, 11) is -4.11. The van der Waals surface area contributed by atoms with Crippen LogP contribution in [0.15, 0.2) is 82.2 Å². The predicted octanol–water partition coefficient (Wildman–Crippen LogP) is 5.98. The molecule has 0 radical (unpaired) electrons. The summed E-state index contributed by atoms with van der Waals surface area (Å²) in [5.74, 6) is -0.727. The molecule has 1 N–H and O–H groups in total. The van der Waals surface area contributed by atoms with E-state index in [9.17, 15) is 18.0 Å². The Kier molecular flexibility index (Phi) is 10.9. The van der Waals surface area contributed by atoms with E-state index in [0.29, 0.717) is 16.6 Å². The van der Waals surface area contributed by atoms with Gasteiger partial charge in [-0.3, -0.25) is 13.9 Å². The number of halogens is 1. The van der Waals surface area contributed by atoms with Gasteiger partial charge in [0, 0.05) is 17.1 Å². The Balaban J connectivity index is 2.05. The number of sulfonamides is 1. The van der Waals surface area contributed by atoms with E-state index in [2.05, 4.69) is 21.2 Å². The lowest BCUT2D eigenvalue weighted by Crippen LogP contribution is -2.53. The van der Waals surface area contributed by atoms with Crippen LogP contribution in [0.3, 0.4) is 0 Å². The molecule has 3 aromatic rings. The van der Waals surface area contributed by atoms with Gasteiger partial charge < -0.3 is 10.2 Å². The Morgan fingerprint density at radius 3 is 2.05 bits per heavy atom. The Bertz CT molecular complexity index is 1410. The van der Waals surface area contributed by atoms with Crippen molar-refractivity contribution in [2.24, 2.45) is 0 Å². The van der Waals surface area contributed by atoms with Gasteiger partial charge in [0.05, 0.1) is 10.6 Å². The van der Waals surface area contributed by atoms with E-state index < -0.39 is 28.5 Å². The first-order valence-electron chi connectivity index (χ1n) is 13.5. The molecule has 2 amide bonds. The molecule has 0 aliphatic heterocycles. The number of nitrogens with one attached hydrogen (secondary N) is 1. The molecule has 9 heteroatoms. The van der Waals surface area contributed by atoms with E-state index in [1.807, 2.05) is 58.9 Å². The molecule has 40 heavy (non-hydrogen) atoms. The maximum Gasteiger partial charge on any atom is 0.264 e. The molecule has 0 saturated carbocycles. The van der Waals surface area contributed by atoms with Crippen molar-refractivity contribution in [2.45, 2.75) is 71.0 Å². The molecule has 0 unspecified atom stereocenters. The number of carbonyl (C=O) groups excluding carboxylic acids is 2. The molecule has 0 heterocycles. The van der Waals surface area contributed by atoms with Crippen LogP contribution in [0.2, 0.25) is 0 Å². The molecule has 0 aromatic heterocycles. The third-order valence-electron chi connectivity index (χ3n) is 6.84. The maximum atomic E-state index is 14.1. The van der Waals surface area contributed by atoms with Crippen LogP contribution >= 0.6 is 15.9 Å². The van der Waals surface area contributed by atoms with Gasteiger partial charge in [-0.05, 0) is 69.5 Å². The van der Waals surface area contributed by atoms with E-state index in [-0.39, 0.29) is 23.4 Å². The highest BCUT2D eigenvalue weighted by atomic mass is 79.9. The van der Waals surface area contributed by atoms with Crippen molar-refractivity contribution in [1.82, 2.24) is 10.2 Å². The number of rotatable bonds is 12. The van der Waals surface area contributed by atoms with Crippen molar-refractivity contribution >= 4 is 43.5 Å². The largest absolute Gasteiger partial charge is 0.352 e. The minimum absolute atomic E-state index is 0.0574. The zero-order chi connectivity index (χ0) is 29.4. The highest BCUT2D eigenvalue weighted by molar-refractivity contribution is 9.10. The Morgan fingerprint density at radius 2 is 1.50 bits per heavy atom. The number of hydrogen-bond donors (Lipinski definition) is 1. The van der Waals surface area contributed by atoms with Gasteiger partial charge in [0.25, 0.3) is 10.0 Å².